The molecule has 0 radical (unpaired) electrons. The maximum atomic E-state index is 5.68. The van der Waals surface area contributed by atoms with Crippen molar-refractivity contribution in [2.24, 2.45) is 0 Å². The molecule has 288 valence electrons. The van der Waals surface area contributed by atoms with Gasteiger partial charge in [-0.05, 0) is 84.3 Å². The molecule has 5 aromatic carbocycles. The monoisotopic (exact) mass is 932 g/mol. The predicted octanol–water partition coefficient (Wildman–Crippen LogP) is 12.3. The summed E-state index contributed by atoms with van der Waals surface area (Å²) in [7, 11) is 0. The van der Waals surface area contributed by atoms with Crippen LogP contribution in [0.4, 0.5) is 0 Å². The van der Waals surface area contributed by atoms with Gasteiger partial charge in [0.25, 0.3) is 0 Å². The number of hydrogen-bond acceptors (Lipinski definition) is 3. The largest absolute Gasteiger partial charge is 3.00 e. The molecule has 0 fully saturated rings. The zero-order valence-electron chi connectivity index (χ0n) is 33.9. The Labute approximate surface area is 357 Å². The van der Waals surface area contributed by atoms with Gasteiger partial charge < -0.3 is 4.57 Å². The molecule has 0 amide bonds. The first-order valence-corrected chi connectivity index (χ1v) is 19.8. The first-order valence-electron chi connectivity index (χ1n) is 19.8. The number of imidazole rings is 1. The van der Waals surface area contributed by atoms with Crippen molar-refractivity contribution >= 4 is 0 Å². The van der Waals surface area contributed by atoms with Gasteiger partial charge >= 0.3 is 20.1 Å². The number of benzene rings is 5. The normalized spacial score (nSPS) is 13.4. The van der Waals surface area contributed by atoms with E-state index in [4.69, 9.17) is 15.0 Å². The van der Waals surface area contributed by atoms with Crippen molar-refractivity contribution in [2.75, 3.05) is 0 Å². The number of nitrogens with zero attached hydrogens (tertiary/aromatic N) is 4. The van der Waals surface area contributed by atoms with Gasteiger partial charge in [-0.25, -0.2) is 0 Å². The van der Waals surface area contributed by atoms with Crippen molar-refractivity contribution in [1.82, 2.24) is 19.5 Å². The molecule has 0 spiro atoms. The van der Waals surface area contributed by atoms with Crippen LogP contribution < -0.4 is 0 Å². The van der Waals surface area contributed by atoms with Gasteiger partial charge in [0.2, 0.25) is 0 Å². The topological polar surface area (TPSA) is 43.6 Å². The van der Waals surface area contributed by atoms with Gasteiger partial charge in [-0.1, -0.05) is 70.2 Å². The van der Waals surface area contributed by atoms with E-state index in [1.54, 1.807) is 0 Å². The second-order valence-corrected chi connectivity index (χ2v) is 15.7. The first-order chi connectivity index (χ1) is 27.7. The molecular weight excluding hydrogens is 885 g/mol. The summed E-state index contributed by atoms with van der Waals surface area (Å²) in [5, 5.41) is 0. The van der Waals surface area contributed by atoms with Crippen LogP contribution in [-0.2, 0) is 30.9 Å². The van der Waals surface area contributed by atoms with Crippen molar-refractivity contribution < 1.29 is 20.1 Å². The Morgan fingerprint density at radius 3 is 1.60 bits per heavy atom. The summed E-state index contributed by atoms with van der Waals surface area (Å²) >= 11 is 0. The first kappa shape index (κ1) is 40.5. The SMILES string of the molecule is CC(C)c1cc(-c2ccccc2)cc(C(C)C)c1-n1cc([C@](C)(c2[c-]cccc2)c2ccccn2)nc1-c1[c-]c(C(C)(c2[c-]cccc2)c2ccccn2)ccc1.[Ir+3]. The van der Waals surface area contributed by atoms with Crippen molar-refractivity contribution in [1.29, 1.82) is 0 Å². The van der Waals surface area contributed by atoms with Crippen LogP contribution in [0.15, 0.2) is 164 Å². The van der Waals surface area contributed by atoms with Crippen LogP contribution >= 0.6 is 0 Å². The molecule has 8 aromatic rings. The minimum absolute atomic E-state index is 0. The van der Waals surface area contributed by atoms with Crippen LogP contribution in [0.25, 0.3) is 28.2 Å². The van der Waals surface area contributed by atoms with Crippen molar-refractivity contribution in [3.63, 3.8) is 0 Å². The number of rotatable bonds is 11. The van der Waals surface area contributed by atoms with E-state index < -0.39 is 10.8 Å². The fourth-order valence-electron chi connectivity index (χ4n) is 8.06. The van der Waals surface area contributed by atoms with Gasteiger partial charge in [0.1, 0.15) is 0 Å². The molecule has 4 nitrogen and oxygen atoms in total. The predicted molar refractivity (Wildman–Crippen MR) is 232 cm³/mol. The molecular formula is C53H47IrN4. The van der Waals surface area contributed by atoms with E-state index in [-0.39, 0.29) is 31.9 Å². The fourth-order valence-corrected chi connectivity index (χ4v) is 8.06. The maximum Gasteiger partial charge on any atom is 3.00 e. The Kier molecular flexibility index (Phi) is 11.9. The molecule has 3 heterocycles. The summed E-state index contributed by atoms with van der Waals surface area (Å²) < 4.78 is 2.33. The molecule has 0 saturated carbocycles. The van der Waals surface area contributed by atoms with E-state index in [9.17, 15) is 0 Å². The molecule has 5 heteroatoms. The average Bonchev–Trinajstić information content (AvgIpc) is 3.73. The molecule has 8 rings (SSSR count). The Morgan fingerprint density at radius 1 is 0.534 bits per heavy atom. The third-order valence-electron chi connectivity index (χ3n) is 11.4. The standard InChI is InChI=1S/C53H47N4.Ir/c1-37(2)45-34-41(39-21-10-7-11-22-39)35-46(38(3)4)50(45)57-36-49(53(6,43-26-14-9-15-27-43)48-30-17-19-32-55-48)56-51(57)40-23-20-28-44(33-40)52(5,42-24-12-8-13-25-42)47-29-16-18-31-54-47;/h7-24,26,28-32,34-38H,1-6H3;/q-3;+3/t52?,53-;/m1./s1. The molecule has 0 bridgehead atoms. The van der Waals surface area contributed by atoms with Gasteiger partial charge in [-0.3, -0.25) is 15.0 Å². The molecule has 58 heavy (non-hydrogen) atoms. The van der Waals surface area contributed by atoms with E-state index in [0.717, 1.165) is 50.8 Å². The maximum absolute atomic E-state index is 5.68. The molecule has 0 aliphatic heterocycles. The summed E-state index contributed by atoms with van der Waals surface area (Å²) in [6.07, 6.45) is 5.96. The minimum atomic E-state index is -0.721. The van der Waals surface area contributed by atoms with Gasteiger partial charge in [0.05, 0.1) is 28.3 Å². The second kappa shape index (κ2) is 17.0. The quantitative estimate of drug-likeness (QED) is 0.121. The summed E-state index contributed by atoms with van der Waals surface area (Å²) in [6.45, 7) is 13.6. The van der Waals surface area contributed by atoms with E-state index >= 15 is 0 Å². The Hall–Kier alpha value is -5.74. The number of aromatic nitrogens is 4. The molecule has 0 aliphatic rings. The van der Waals surface area contributed by atoms with Crippen LogP contribution in [0.3, 0.4) is 0 Å². The minimum Gasteiger partial charge on any atom is -0.339 e. The van der Waals surface area contributed by atoms with Crippen LogP contribution in [0.2, 0.25) is 0 Å². The molecule has 1 unspecified atom stereocenters. The molecule has 3 aromatic heterocycles. The molecule has 2 atom stereocenters. The number of pyridine rings is 2. The van der Waals surface area contributed by atoms with Crippen LogP contribution in [0.1, 0.15) is 98.3 Å². The zero-order valence-corrected chi connectivity index (χ0v) is 36.3. The van der Waals surface area contributed by atoms with E-state index in [0.29, 0.717) is 0 Å². The van der Waals surface area contributed by atoms with Crippen LogP contribution in [-0.4, -0.2) is 19.5 Å². The molecule has 0 N–H and O–H groups in total. The van der Waals surface area contributed by atoms with Gasteiger partial charge in [0.15, 0.2) is 0 Å². The van der Waals surface area contributed by atoms with Crippen molar-refractivity contribution in [2.45, 2.75) is 64.2 Å². The Morgan fingerprint density at radius 2 is 1.07 bits per heavy atom. The van der Waals surface area contributed by atoms with Crippen molar-refractivity contribution in [3.05, 3.63) is 227 Å². The van der Waals surface area contributed by atoms with E-state index in [1.165, 1.54) is 22.3 Å². The average molecular weight is 932 g/mol. The summed E-state index contributed by atoms with van der Waals surface area (Å²) in [4.78, 5) is 15.5. The molecule has 0 saturated heterocycles. The third-order valence-corrected chi connectivity index (χ3v) is 11.4. The number of hydrogen-bond donors (Lipinski definition) is 0. The Balaban J connectivity index is 0.00000512. The summed E-state index contributed by atoms with van der Waals surface area (Å²) in [6, 6.07) is 61.4. The van der Waals surface area contributed by atoms with Gasteiger partial charge in [-0.15, -0.1) is 46.5 Å². The summed E-state index contributed by atoms with van der Waals surface area (Å²) in [5.74, 6) is 1.25. The van der Waals surface area contributed by atoms with E-state index in [1.807, 2.05) is 60.9 Å². The van der Waals surface area contributed by atoms with Crippen LogP contribution in [0, 0.1) is 18.2 Å². The zero-order chi connectivity index (χ0) is 39.6. The van der Waals surface area contributed by atoms with Gasteiger partial charge in [0, 0.05) is 29.7 Å². The second-order valence-electron chi connectivity index (χ2n) is 15.7. The van der Waals surface area contributed by atoms with E-state index in [2.05, 4.69) is 168 Å². The Bertz CT molecular complexity index is 2470. The van der Waals surface area contributed by atoms with Crippen molar-refractivity contribution in [3.8, 4) is 28.2 Å². The summed E-state index contributed by atoms with van der Waals surface area (Å²) in [5.41, 5.74) is 11.3. The molecule has 0 aliphatic carbocycles. The fraction of sp³-hybridized carbons (Fsp3) is 0.189. The van der Waals surface area contributed by atoms with Crippen LogP contribution in [0.5, 0.6) is 0 Å². The van der Waals surface area contributed by atoms with Gasteiger partial charge in [-0.2, -0.15) is 60.7 Å². The third kappa shape index (κ3) is 7.41. The smallest absolute Gasteiger partial charge is 0.339 e.